The van der Waals surface area contributed by atoms with E-state index in [1.165, 1.54) is 25.5 Å². The van der Waals surface area contributed by atoms with Gasteiger partial charge in [-0.1, -0.05) is 30.2 Å². The van der Waals surface area contributed by atoms with Crippen molar-refractivity contribution in [3.8, 4) is 5.75 Å². The molecule has 0 radical (unpaired) electrons. The number of nitrogens with zero attached hydrogens (tertiary/aromatic N) is 3. The number of ether oxygens (including phenoxy) is 1. The number of likely N-dealkylation sites (tertiary alicyclic amines) is 1. The molecule has 0 unspecified atom stereocenters. The van der Waals surface area contributed by atoms with Gasteiger partial charge in [-0.05, 0) is 62.3 Å². The first-order valence-corrected chi connectivity index (χ1v) is 15.9. The van der Waals surface area contributed by atoms with Crippen molar-refractivity contribution in [1.29, 1.82) is 0 Å². The standard InChI is InChI=1S/C29H34ClN7O4S/c1-40-27-16-20(31-17-21-11-12-22(41-21)19-37-14-6-3-7-15-37)10-13-26(27)34-29-32-18-23(30)28(35-29)33-24-8-4-5-9-25(24)36-42(2,38)39/h4-5,8-13,16,18,31,36H,3,6-7,14-15,17,19H2,1-2H3,(H2,32,33,34,35). The summed E-state index contributed by atoms with van der Waals surface area (Å²) in [4.78, 5) is 11.2. The molecule has 4 aromatic rings. The Morgan fingerprint density at radius 3 is 2.50 bits per heavy atom. The van der Waals surface area contributed by atoms with E-state index in [1.807, 2.05) is 24.3 Å². The predicted molar refractivity (Wildman–Crippen MR) is 167 cm³/mol. The Balaban J connectivity index is 1.24. The van der Waals surface area contributed by atoms with E-state index in [0.29, 0.717) is 35.2 Å². The number of hydrogen-bond acceptors (Lipinski definition) is 10. The Hall–Kier alpha value is -4.00. The van der Waals surface area contributed by atoms with Crippen molar-refractivity contribution in [2.24, 2.45) is 0 Å². The summed E-state index contributed by atoms with van der Waals surface area (Å²) in [6, 6.07) is 16.6. The van der Waals surface area contributed by atoms with E-state index in [4.69, 9.17) is 20.8 Å². The fourth-order valence-electron chi connectivity index (χ4n) is 4.68. The van der Waals surface area contributed by atoms with Gasteiger partial charge in [-0.2, -0.15) is 4.98 Å². The number of aromatic nitrogens is 2. The maximum Gasteiger partial charge on any atom is 0.229 e. The number of rotatable bonds is 12. The van der Waals surface area contributed by atoms with Crippen molar-refractivity contribution in [3.05, 3.63) is 77.3 Å². The third-order valence-corrected chi connectivity index (χ3v) is 7.55. The highest BCUT2D eigenvalue weighted by Crippen LogP contribution is 2.33. The zero-order chi connectivity index (χ0) is 29.5. The van der Waals surface area contributed by atoms with Crippen molar-refractivity contribution in [2.45, 2.75) is 32.4 Å². The zero-order valence-electron chi connectivity index (χ0n) is 23.5. The first-order chi connectivity index (χ1) is 20.3. The third-order valence-electron chi connectivity index (χ3n) is 6.68. The first kappa shape index (κ1) is 29.5. The van der Waals surface area contributed by atoms with Gasteiger partial charge >= 0.3 is 0 Å². The molecule has 3 heterocycles. The number of benzene rings is 2. The normalized spacial score (nSPS) is 13.9. The summed E-state index contributed by atoms with van der Waals surface area (Å²) in [6.07, 6.45) is 6.36. The van der Waals surface area contributed by atoms with E-state index < -0.39 is 10.0 Å². The first-order valence-electron chi connectivity index (χ1n) is 13.6. The topological polar surface area (TPSA) is 134 Å². The van der Waals surface area contributed by atoms with Crippen LogP contribution < -0.4 is 25.4 Å². The lowest BCUT2D eigenvalue weighted by Gasteiger charge is -2.25. The average molecular weight is 612 g/mol. The highest BCUT2D eigenvalue weighted by atomic mass is 35.5. The fourth-order valence-corrected chi connectivity index (χ4v) is 5.39. The van der Waals surface area contributed by atoms with Gasteiger partial charge in [-0.25, -0.2) is 13.4 Å². The van der Waals surface area contributed by atoms with Crippen LogP contribution in [0.25, 0.3) is 0 Å². The predicted octanol–water partition coefficient (Wildman–Crippen LogP) is 6.19. The van der Waals surface area contributed by atoms with E-state index in [0.717, 1.165) is 43.1 Å². The molecule has 1 saturated heterocycles. The van der Waals surface area contributed by atoms with Gasteiger partial charge in [0.15, 0.2) is 5.82 Å². The molecule has 1 fully saturated rings. The Kier molecular flexibility index (Phi) is 9.35. The average Bonchev–Trinajstić information content (AvgIpc) is 3.42. The second kappa shape index (κ2) is 13.3. The van der Waals surface area contributed by atoms with Crippen molar-refractivity contribution in [1.82, 2.24) is 14.9 Å². The molecule has 0 amide bonds. The molecule has 5 rings (SSSR count). The minimum Gasteiger partial charge on any atom is -0.494 e. The molecule has 42 heavy (non-hydrogen) atoms. The largest absolute Gasteiger partial charge is 0.494 e. The Labute approximate surface area is 250 Å². The van der Waals surface area contributed by atoms with Crippen LogP contribution in [-0.4, -0.2) is 49.7 Å². The minimum absolute atomic E-state index is 0.262. The van der Waals surface area contributed by atoms with Gasteiger partial charge in [0.25, 0.3) is 0 Å². The molecule has 222 valence electrons. The molecule has 2 aromatic carbocycles. The number of anilines is 6. The lowest BCUT2D eigenvalue weighted by Crippen LogP contribution is -2.28. The number of piperidine rings is 1. The van der Waals surface area contributed by atoms with Gasteiger partial charge < -0.3 is 25.1 Å². The van der Waals surface area contributed by atoms with Crippen LogP contribution in [0.3, 0.4) is 0 Å². The SMILES string of the molecule is COc1cc(NCc2ccc(CN3CCCCC3)o2)ccc1Nc1ncc(Cl)c(Nc2ccccc2NS(C)(=O)=O)n1. The highest BCUT2D eigenvalue weighted by molar-refractivity contribution is 7.92. The second-order valence-corrected chi connectivity index (χ2v) is 12.2. The Bertz CT molecular complexity index is 1620. The number of furan rings is 1. The van der Waals surface area contributed by atoms with Gasteiger partial charge in [0.05, 0.1) is 49.7 Å². The van der Waals surface area contributed by atoms with E-state index in [9.17, 15) is 8.42 Å². The number of hydrogen-bond donors (Lipinski definition) is 4. The lowest BCUT2D eigenvalue weighted by atomic mass is 10.1. The Morgan fingerprint density at radius 1 is 0.976 bits per heavy atom. The molecule has 4 N–H and O–H groups in total. The van der Waals surface area contributed by atoms with Gasteiger partial charge in [-0.3, -0.25) is 9.62 Å². The molecular weight excluding hydrogens is 578 g/mol. The summed E-state index contributed by atoms with van der Waals surface area (Å²) in [5.41, 5.74) is 2.36. The highest BCUT2D eigenvalue weighted by Gasteiger charge is 2.14. The summed E-state index contributed by atoms with van der Waals surface area (Å²) < 4.78 is 37.7. The summed E-state index contributed by atoms with van der Waals surface area (Å²) in [6.45, 7) is 3.65. The van der Waals surface area contributed by atoms with Crippen LogP contribution in [0.1, 0.15) is 30.8 Å². The van der Waals surface area contributed by atoms with E-state index in [1.54, 1.807) is 31.4 Å². The van der Waals surface area contributed by atoms with Crippen molar-refractivity contribution in [3.63, 3.8) is 0 Å². The lowest BCUT2D eigenvalue weighted by molar-refractivity contribution is 0.204. The number of halogens is 1. The van der Waals surface area contributed by atoms with Crippen LogP contribution in [0.5, 0.6) is 5.75 Å². The van der Waals surface area contributed by atoms with Crippen LogP contribution in [0.15, 0.2) is 65.2 Å². The molecule has 0 aliphatic carbocycles. The number of sulfonamides is 1. The summed E-state index contributed by atoms with van der Waals surface area (Å²) in [7, 11) is -1.89. The van der Waals surface area contributed by atoms with E-state index in [2.05, 4.69) is 41.6 Å². The van der Waals surface area contributed by atoms with E-state index in [-0.39, 0.29) is 11.0 Å². The number of methoxy groups -OCH3 is 1. The molecule has 0 bridgehead atoms. The van der Waals surface area contributed by atoms with Crippen molar-refractivity contribution < 1.29 is 17.6 Å². The molecular formula is C29H34ClN7O4S. The number of para-hydroxylation sites is 2. The van der Waals surface area contributed by atoms with E-state index >= 15 is 0 Å². The van der Waals surface area contributed by atoms with Crippen molar-refractivity contribution in [2.75, 3.05) is 47.1 Å². The maximum atomic E-state index is 11.8. The van der Waals surface area contributed by atoms with Gasteiger partial charge in [0, 0.05) is 11.8 Å². The maximum absolute atomic E-state index is 11.8. The third kappa shape index (κ3) is 8.05. The molecule has 1 aliphatic heterocycles. The minimum atomic E-state index is -3.48. The van der Waals surface area contributed by atoms with Crippen LogP contribution in [0, 0.1) is 0 Å². The van der Waals surface area contributed by atoms with Crippen LogP contribution in [0.2, 0.25) is 5.02 Å². The van der Waals surface area contributed by atoms with Crippen LogP contribution >= 0.6 is 11.6 Å². The molecule has 0 spiro atoms. The van der Waals surface area contributed by atoms with Gasteiger partial charge in [0.1, 0.15) is 22.3 Å². The molecule has 1 aliphatic rings. The smallest absolute Gasteiger partial charge is 0.229 e. The summed E-state index contributed by atoms with van der Waals surface area (Å²) in [5.74, 6) is 3.00. The number of nitrogens with one attached hydrogen (secondary N) is 4. The van der Waals surface area contributed by atoms with Crippen LogP contribution in [-0.2, 0) is 23.1 Å². The molecule has 11 nitrogen and oxygen atoms in total. The molecule has 13 heteroatoms. The molecule has 0 atom stereocenters. The second-order valence-electron chi connectivity index (χ2n) is 10.0. The zero-order valence-corrected chi connectivity index (χ0v) is 25.1. The molecule has 0 saturated carbocycles. The van der Waals surface area contributed by atoms with Gasteiger partial charge in [-0.15, -0.1) is 0 Å². The summed E-state index contributed by atoms with van der Waals surface area (Å²) in [5, 5.41) is 9.89. The van der Waals surface area contributed by atoms with Crippen LogP contribution in [0.4, 0.5) is 34.5 Å². The van der Waals surface area contributed by atoms with Crippen molar-refractivity contribution >= 4 is 56.1 Å². The van der Waals surface area contributed by atoms with Gasteiger partial charge in [0.2, 0.25) is 16.0 Å². The summed E-state index contributed by atoms with van der Waals surface area (Å²) >= 11 is 6.35. The Morgan fingerprint density at radius 2 is 1.74 bits per heavy atom. The molecule has 2 aromatic heterocycles. The fraction of sp³-hybridized carbons (Fsp3) is 0.310. The quantitative estimate of drug-likeness (QED) is 0.147. The monoisotopic (exact) mass is 611 g/mol.